The Hall–Kier alpha value is -2.10. The zero-order valence-electron chi connectivity index (χ0n) is 30.5. The van der Waals surface area contributed by atoms with E-state index in [0.717, 1.165) is 38.5 Å². The van der Waals surface area contributed by atoms with Crippen molar-refractivity contribution in [3.63, 3.8) is 0 Å². The van der Waals surface area contributed by atoms with Crippen molar-refractivity contribution in [3.05, 3.63) is 46.6 Å². The molecule has 0 aliphatic heterocycles. The average Bonchev–Trinajstić information content (AvgIpc) is 3.02. The normalized spacial score (nSPS) is 40.3. The molecule has 0 saturated heterocycles. The molecule has 4 nitrogen and oxygen atoms in total. The van der Waals surface area contributed by atoms with Gasteiger partial charge < -0.3 is 10.6 Å². The van der Waals surface area contributed by atoms with Crippen LogP contribution in [0.1, 0.15) is 132 Å². The molecule has 6 aliphatic rings. The minimum atomic E-state index is -0.367. The average molecular weight is 629 g/mol. The Balaban J connectivity index is 1.08. The molecule has 46 heavy (non-hydrogen) atoms. The smallest absolute Gasteiger partial charge is 0.226 e. The zero-order valence-corrected chi connectivity index (χ0v) is 30.5. The summed E-state index contributed by atoms with van der Waals surface area (Å²) in [6.07, 6.45) is 23.3. The van der Waals surface area contributed by atoms with Gasteiger partial charge in [-0.3, -0.25) is 9.59 Å². The van der Waals surface area contributed by atoms with Gasteiger partial charge in [0.05, 0.1) is 10.8 Å². The summed E-state index contributed by atoms with van der Waals surface area (Å²) in [4.78, 5) is 28.0. The van der Waals surface area contributed by atoms with E-state index in [2.05, 4.69) is 90.3 Å². The van der Waals surface area contributed by atoms with Crippen molar-refractivity contribution < 1.29 is 9.59 Å². The molecule has 6 aliphatic carbocycles. The number of allylic oxidation sites excluding steroid dienone is 8. The molecule has 254 valence electrons. The number of carbonyl (C=O) groups is 2. The molecular formula is C42H64N2O2. The Labute approximate surface area is 280 Å². The van der Waals surface area contributed by atoms with Crippen molar-refractivity contribution >= 4 is 11.8 Å². The van der Waals surface area contributed by atoms with Crippen LogP contribution < -0.4 is 10.6 Å². The maximum atomic E-state index is 14.0. The lowest BCUT2D eigenvalue weighted by atomic mass is 9.46. The van der Waals surface area contributed by atoms with Gasteiger partial charge in [0.2, 0.25) is 11.8 Å². The quantitative estimate of drug-likeness (QED) is 0.276. The fourth-order valence-electron chi connectivity index (χ4n) is 12.0. The van der Waals surface area contributed by atoms with Crippen molar-refractivity contribution in [2.45, 2.75) is 132 Å². The predicted octanol–water partition coefficient (Wildman–Crippen LogP) is 9.49. The molecule has 2 saturated carbocycles. The third kappa shape index (κ3) is 5.50. The molecule has 0 bridgehead atoms. The molecule has 0 heterocycles. The molecule has 6 rings (SSSR count). The van der Waals surface area contributed by atoms with Gasteiger partial charge in [-0.05, 0) is 122 Å². The van der Waals surface area contributed by atoms with E-state index in [1.54, 1.807) is 22.3 Å². The first-order chi connectivity index (χ1) is 21.7. The second-order valence-corrected chi connectivity index (χ2v) is 18.0. The van der Waals surface area contributed by atoms with Gasteiger partial charge in [0.1, 0.15) is 0 Å². The van der Waals surface area contributed by atoms with Crippen molar-refractivity contribution in [2.24, 2.45) is 57.2 Å². The lowest BCUT2D eigenvalue weighted by Gasteiger charge is -2.58. The summed E-state index contributed by atoms with van der Waals surface area (Å²) in [6.45, 7) is 19.7. The first kappa shape index (κ1) is 33.8. The van der Waals surface area contributed by atoms with Crippen LogP contribution in [0.5, 0.6) is 0 Å². The highest BCUT2D eigenvalue weighted by molar-refractivity contribution is 5.84. The summed E-state index contributed by atoms with van der Waals surface area (Å²) < 4.78 is 0. The van der Waals surface area contributed by atoms with Gasteiger partial charge in [0.25, 0.3) is 0 Å². The molecule has 0 radical (unpaired) electrons. The Morgan fingerprint density at radius 3 is 1.43 bits per heavy atom. The molecule has 2 fully saturated rings. The zero-order chi connectivity index (χ0) is 33.1. The molecule has 8 atom stereocenters. The molecule has 2 N–H and O–H groups in total. The predicted molar refractivity (Wildman–Crippen MR) is 190 cm³/mol. The summed E-state index contributed by atoms with van der Waals surface area (Å²) in [7, 11) is 0. The van der Waals surface area contributed by atoms with Gasteiger partial charge in [-0.2, -0.15) is 0 Å². The summed E-state index contributed by atoms with van der Waals surface area (Å²) in [5.74, 6) is 3.46. The highest BCUT2D eigenvalue weighted by atomic mass is 16.2. The highest BCUT2D eigenvalue weighted by Crippen LogP contribution is 2.63. The third-order valence-electron chi connectivity index (χ3n) is 14.9. The Kier molecular flexibility index (Phi) is 9.12. The number of hydrogen-bond donors (Lipinski definition) is 2. The molecular weight excluding hydrogens is 564 g/mol. The van der Waals surface area contributed by atoms with Crippen LogP contribution in [0.2, 0.25) is 0 Å². The largest absolute Gasteiger partial charge is 0.354 e. The Morgan fingerprint density at radius 2 is 1.07 bits per heavy atom. The van der Waals surface area contributed by atoms with Crippen LogP contribution in [0.4, 0.5) is 0 Å². The third-order valence-corrected chi connectivity index (χ3v) is 14.9. The summed E-state index contributed by atoms with van der Waals surface area (Å²) in [5, 5.41) is 6.64. The van der Waals surface area contributed by atoms with E-state index in [1.807, 2.05) is 0 Å². The minimum absolute atomic E-state index is 0.169. The second-order valence-electron chi connectivity index (χ2n) is 18.0. The van der Waals surface area contributed by atoms with E-state index >= 15 is 0 Å². The SMILES string of the molecule is CC(C)C1=CC2=CCC3C(C)(C(=O)NCCNC(=O)C4(C)CCCC5(C)C6CCC(C(C)C)=CC6=CCC45)CCCC3(C)C2CC1. The van der Waals surface area contributed by atoms with E-state index < -0.39 is 0 Å². The molecule has 4 heteroatoms. The lowest BCUT2D eigenvalue weighted by Crippen LogP contribution is -2.57. The molecule has 0 spiro atoms. The Morgan fingerprint density at radius 1 is 0.674 bits per heavy atom. The van der Waals surface area contributed by atoms with Crippen molar-refractivity contribution in [1.82, 2.24) is 10.6 Å². The fourth-order valence-corrected chi connectivity index (χ4v) is 12.0. The number of fused-ring (bicyclic) bond motifs is 6. The van der Waals surface area contributed by atoms with Crippen LogP contribution in [0.15, 0.2) is 46.6 Å². The molecule has 2 amide bonds. The van der Waals surface area contributed by atoms with E-state index in [-0.39, 0.29) is 33.5 Å². The van der Waals surface area contributed by atoms with E-state index in [0.29, 0.717) is 48.6 Å². The summed E-state index contributed by atoms with van der Waals surface area (Å²) in [6, 6.07) is 0. The summed E-state index contributed by atoms with van der Waals surface area (Å²) >= 11 is 0. The van der Waals surface area contributed by atoms with Crippen LogP contribution in [-0.4, -0.2) is 24.9 Å². The van der Waals surface area contributed by atoms with E-state index in [4.69, 9.17) is 0 Å². The van der Waals surface area contributed by atoms with Crippen LogP contribution in [0.3, 0.4) is 0 Å². The number of nitrogens with one attached hydrogen (secondary N) is 2. The van der Waals surface area contributed by atoms with Crippen molar-refractivity contribution in [2.75, 3.05) is 13.1 Å². The van der Waals surface area contributed by atoms with Crippen molar-refractivity contribution in [1.29, 1.82) is 0 Å². The van der Waals surface area contributed by atoms with Gasteiger partial charge in [-0.15, -0.1) is 0 Å². The van der Waals surface area contributed by atoms with Crippen molar-refractivity contribution in [3.8, 4) is 0 Å². The van der Waals surface area contributed by atoms with Gasteiger partial charge >= 0.3 is 0 Å². The van der Waals surface area contributed by atoms with Crippen LogP contribution >= 0.6 is 0 Å². The van der Waals surface area contributed by atoms with E-state index in [1.165, 1.54) is 38.5 Å². The monoisotopic (exact) mass is 628 g/mol. The molecule has 0 aromatic heterocycles. The van der Waals surface area contributed by atoms with Gasteiger partial charge in [0, 0.05) is 13.1 Å². The minimum Gasteiger partial charge on any atom is -0.354 e. The standard InChI is InChI=1S/C42H64N2O2/c1-27(2)29-11-15-33-31(25-29)13-17-35-39(33,5)19-9-21-41(35,7)37(45)43-23-24-44-38(46)42(8)22-10-20-40(6)34-16-12-30(28(3)4)26-32(34)14-18-36(40)42/h13-14,25-28,33-36H,9-12,15-24H2,1-8H3,(H,43,45)(H,44,46). The van der Waals surface area contributed by atoms with Gasteiger partial charge in [0.15, 0.2) is 0 Å². The lowest BCUT2D eigenvalue weighted by molar-refractivity contribution is -0.145. The van der Waals surface area contributed by atoms with Crippen LogP contribution in [0, 0.1) is 57.2 Å². The molecule has 8 unspecified atom stereocenters. The fraction of sp³-hybridized carbons (Fsp3) is 0.762. The van der Waals surface area contributed by atoms with E-state index in [9.17, 15) is 9.59 Å². The van der Waals surface area contributed by atoms with Gasteiger partial charge in [-0.25, -0.2) is 0 Å². The highest BCUT2D eigenvalue weighted by Gasteiger charge is 2.58. The first-order valence-electron chi connectivity index (χ1n) is 19.1. The Bertz CT molecular complexity index is 1250. The number of carbonyl (C=O) groups excluding carboxylic acids is 2. The topological polar surface area (TPSA) is 58.2 Å². The van der Waals surface area contributed by atoms with Crippen LogP contribution in [-0.2, 0) is 9.59 Å². The van der Waals surface area contributed by atoms with Gasteiger partial charge in [-0.1, -0.05) is 104 Å². The number of amides is 2. The second kappa shape index (κ2) is 12.4. The molecule has 0 aromatic carbocycles. The summed E-state index contributed by atoms with van der Waals surface area (Å²) in [5.41, 5.74) is 5.86. The van der Waals surface area contributed by atoms with Crippen LogP contribution in [0.25, 0.3) is 0 Å². The first-order valence-corrected chi connectivity index (χ1v) is 19.1. The maximum Gasteiger partial charge on any atom is 0.226 e. The number of hydrogen-bond acceptors (Lipinski definition) is 2. The molecule has 0 aromatic rings. The maximum absolute atomic E-state index is 14.0. The number of rotatable bonds is 7.